The van der Waals surface area contributed by atoms with Crippen molar-refractivity contribution in [2.24, 2.45) is 5.92 Å². The molecule has 1 aromatic carbocycles. The monoisotopic (exact) mass is 347 g/mol. The first-order chi connectivity index (χ1) is 8.99. The first-order valence-corrected chi connectivity index (χ1v) is 7.69. The van der Waals surface area contributed by atoms with E-state index >= 15 is 0 Å². The van der Waals surface area contributed by atoms with E-state index in [4.69, 9.17) is 11.6 Å². The molecule has 19 heavy (non-hydrogen) atoms. The summed E-state index contributed by atoms with van der Waals surface area (Å²) >= 11 is 9.33. The van der Waals surface area contributed by atoms with Gasteiger partial charge < -0.3 is 10.4 Å². The molecule has 0 bridgehead atoms. The number of carbonyl (C=O) groups is 1. The van der Waals surface area contributed by atoms with Crippen molar-refractivity contribution in [1.29, 1.82) is 0 Å². The van der Waals surface area contributed by atoms with Gasteiger partial charge in [-0.2, -0.15) is 0 Å². The lowest BCUT2D eigenvalue weighted by Crippen LogP contribution is -2.32. The second kappa shape index (κ2) is 7.75. The van der Waals surface area contributed by atoms with Crippen LogP contribution in [0.4, 0.5) is 0 Å². The number of hydrogen-bond donors (Lipinski definition) is 2. The molecule has 1 atom stereocenters. The zero-order valence-electron chi connectivity index (χ0n) is 11.1. The van der Waals surface area contributed by atoms with Crippen LogP contribution in [0.25, 0.3) is 0 Å². The topological polar surface area (TPSA) is 49.3 Å². The lowest BCUT2D eigenvalue weighted by atomic mass is 9.99. The highest BCUT2D eigenvalue weighted by Crippen LogP contribution is 2.22. The minimum Gasteiger partial charge on any atom is -0.507 e. The predicted molar refractivity (Wildman–Crippen MR) is 82.2 cm³/mol. The maximum atomic E-state index is 11.9. The molecule has 0 aliphatic carbocycles. The Bertz CT molecular complexity index is 435. The summed E-state index contributed by atoms with van der Waals surface area (Å²) in [5.41, 5.74) is 0.244. The summed E-state index contributed by atoms with van der Waals surface area (Å²) in [7, 11) is 0. The Hall–Kier alpha value is -0.740. The predicted octanol–water partition coefficient (Wildman–Crippen LogP) is 3.98. The van der Waals surface area contributed by atoms with Gasteiger partial charge in [-0.3, -0.25) is 4.79 Å². The average Bonchev–Trinajstić information content (AvgIpc) is 2.37. The third-order valence-corrected chi connectivity index (χ3v) is 4.53. The summed E-state index contributed by atoms with van der Waals surface area (Å²) in [6, 6.07) is 4.47. The van der Waals surface area contributed by atoms with Gasteiger partial charge in [0.2, 0.25) is 0 Å². The summed E-state index contributed by atoms with van der Waals surface area (Å²) in [5.74, 6) is 0.141. The van der Waals surface area contributed by atoms with Crippen molar-refractivity contribution >= 4 is 33.4 Å². The number of aromatic hydroxyl groups is 1. The molecule has 0 fully saturated rings. The fraction of sp³-hybridized carbons (Fsp3) is 0.500. The number of nitrogens with one attached hydrogen (secondary N) is 1. The summed E-state index contributed by atoms with van der Waals surface area (Å²) in [6.07, 6.45) is 2.13. The van der Waals surface area contributed by atoms with Gasteiger partial charge in [-0.1, -0.05) is 54.2 Å². The van der Waals surface area contributed by atoms with Crippen LogP contribution < -0.4 is 5.32 Å². The van der Waals surface area contributed by atoms with E-state index in [0.29, 0.717) is 17.5 Å². The highest BCUT2D eigenvalue weighted by molar-refractivity contribution is 9.09. The van der Waals surface area contributed by atoms with E-state index in [9.17, 15) is 9.90 Å². The molecular weight excluding hydrogens is 330 g/mol. The quantitative estimate of drug-likeness (QED) is 0.764. The third kappa shape index (κ3) is 4.69. The van der Waals surface area contributed by atoms with Gasteiger partial charge in [-0.05, 0) is 24.1 Å². The van der Waals surface area contributed by atoms with Crippen LogP contribution in [-0.2, 0) is 0 Å². The van der Waals surface area contributed by atoms with Crippen molar-refractivity contribution in [2.75, 3.05) is 6.54 Å². The number of rotatable bonds is 6. The molecule has 0 heterocycles. The third-order valence-electron chi connectivity index (χ3n) is 3.22. The number of alkyl halides is 1. The van der Waals surface area contributed by atoms with E-state index in [1.54, 1.807) is 6.07 Å². The molecule has 0 spiro atoms. The van der Waals surface area contributed by atoms with Crippen molar-refractivity contribution in [3.05, 3.63) is 28.8 Å². The molecule has 1 unspecified atom stereocenters. The Morgan fingerprint density at radius 2 is 2.05 bits per heavy atom. The van der Waals surface area contributed by atoms with Crippen LogP contribution in [-0.4, -0.2) is 22.4 Å². The smallest absolute Gasteiger partial charge is 0.255 e. The zero-order chi connectivity index (χ0) is 14.4. The number of hydrogen-bond acceptors (Lipinski definition) is 2. The van der Waals surface area contributed by atoms with Crippen molar-refractivity contribution in [3.8, 4) is 5.75 Å². The summed E-state index contributed by atoms with van der Waals surface area (Å²) in [4.78, 5) is 12.2. The minimum atomic E-state index is -0.287. The molecule has 0 aromatic heterocycles. The van der Waals surface area contributed by atoms with E-state index in [-0.39, 0.29) is 22.0 Å². The number of halogens is 2. The number of phenols is 1. The Balaban J connectivity index is 2.60. The normalized spacial score (nSPS) is 12.5. The Morgan fingerprint density at radius 3 is 2.58 bits per heavy atom. The van der Waals surface area contributed by atoms with Crippen molar-refractivity contribution in [2.45, 2.75) is 31.5 Å². The van der Waals surface area contributed by atoms with Crippen LogP contribution in [0, 0.1) is 5.92 Å². The van der Waals surface area contributed by atoms with Gasteiger partial charge in [0.1, 0.15) is 5.75 Å². The number of amides is 1. The maximum Gasteiger partial charge on any atom is 0.255 e. The molecule has 1 amide bonds. The molecule has 0 saturated carbocycles. The fourth-order valence-corrected chi connectivity index (χ4v) is 3.02. The standard InChI is InChI=1S/C14H19BrClNO2/c1-3-9(4-2)12(15)8-17-14(19)11-6-5-10(16)7-13(11)18/h5-7,9,12,18H,3-4,8H2,1-2H3,(H,17,19). The van der Waals surface area contributed by atoms with Crippen molar-refractivity contribution < 1.29 is 9.90 Å². The van der Waals surface area contributed by atoms with Gasteiger partial charge in [-0.15, -0.1) is 0 Å². The fourth-order valence-electron chi connectivity index (χ4n) is 1.95. The Labute approximate surface area is 127 Å². The van der Waals surface area contributed by atoms with Crippen LogP contribution in [0.5, 0.6) is 5.75 Å². The average molecular weight is 349 g/mol. The van der Waals surface area contributed by atoms with Crippen molar-refractivity contribution in [3.63, 3.8) is 0 Å². The van der Waals surface area contributed by atoms with Crippen LogP contribution in [0.3, 0.4) is 0 Å². The molecule has 1 aromatic rings. The SMILES string of the molecule is CCC(CC)C(Br)CNC(=O)c1ccc(Cl)cc1O. The molecule has 0 radical (unpaired) electrons. The van der Waals surface area contributed by atoms with E-state index in [1.807, 2.05) is 0 Å². The molecular formula is C14H19BrClNO2. The van der Waals surface area contributed by atoms with Crippen molar-refractivity contribution in [1.82, 2.24) is 5.32 Å². The lowest BCUT2D eigenvalue weighted by Gasteiger charge is -2.20. The molecule has 0 aliphatic rings. The van der Waals surface area contributed by atoms with E-state index in [0.717, 1.165) is 12.8 Å². The number of benzene rings is 1. The van der Waals surface area contributed by atoms with Gasteiger partial charge >= 0.3 is 0 Å². The Morgan fingerprint density at radius 1 is 1.42 bits per heavy atom. The molecule has 1 rings (SSSR count). The lowest BCUT2D eigenvalue weighted by molar-refractivity contribution is 0.0949. The molecule has 106 valence electrons. The van der Waals surface area contributed by atoms with E-state index < -0.39 is 0 Å². The molecule has 3 nitrogen and oxygen atoms in total. The summed E-state index contributed by atoms with van der Waals surface area (Å²) in [5, 5.41) is 12.9. The van der Waals surface area contributed by atoms with Crippen LogP contribution in [0.2, 0.25) is 5.02 Å². The van der Waals surface area contributed by atoms with Gasteiger partial charge in [0.05, 0.1) is 5.56 Å². The van der Waals surface area contributed by atoms with E-state index in [2.05, 4.69) is 35.1 Å². The first kappa shape index (κ1) is 16.3. The first-order valence-electron chi connectivity index (χ1n) is 6.40. The largest absolute Gasteiger partial charge is 0.507 e. The highest BCUT2D eigenvalue weighted by atomic mass is 79.9. The minimum absolute atomic E-state index is 0.0985. The van der Waals surface area contributed by atoms with E-state index in [1.165, 1.54) is 12.1 Å². The van der Waals surface area contributed by atoms with Gasteiger partial charge in [0.25, 0.3) is 5.91 Å². The second-order valence-corrected chi connectivity index (χ2v) is 6.08. The van der Waals surface area contributed by atoms with Gasteiger partial charge in [0, 0.05) is 16.4 Å². The van der Waals surface area contributed by atoms with Crippen LogP contribution in [0.1, 0.15) is 37.0 Å². The number of phenolic OH excluding ortho intramolecular Hbond substituents is 1. The number of carbonyl (C=O) groups excluding carboxylic acids is 1. The maximum absolute atomic E-state index is 11.9. The molecule has 0 aliphatic heterocycles. The van der Waals surface area contributed by atoms with Crippen LogP contribution >= 0.6 is 27.5 Å². The summed E-state index contributed by atoms with van der Waals surface area (Å²) in [6.45, 7) is 4.80. The zero-order valence-corrected chi connectivity index (χ0v) is 13.5. The molecule has 5 heteroatoms. The Kier molecular flexibility index (Phi) is 6.66. The van der Waals surface area contributed by atoms with Gasteiger partial charge in [0.15, 0.2) is 0 Å². The molecule has 0 saturated heterocycles. The van der Waals surface area contributed by atoms with Crippen LogP contribution in [0.15, 0.2) is 18.2 Å². The highest BCUT2D eigenvalue weighted by Gasteiger charge is 2.17. The van der Waals surface area contributed by atoms with Gasteiger partial charge in [-0.25, -0.2) is 0 Å². The second-order valence-electron chi connectivity index (χ2n) is 4.46. The molecule has 2 N–H and O–H groups in total. The summed E-state index contributed by atoms with van der Waals surface area (Å²) < 4.78 is 0.